The molecular weight excluding hydrogens is 210 g/mol. The van der Waals surface area contributed by atoms with Gasteiger partial charge >= 0.3 is 0 Å². The largest absolute Gasteiger partial charge is 0.396 e. The molecule has 0 saturated heterocycles. The maximum Gasteiger partial charge on any atom is 0.0475 e. The maximum absolute atomic E-state index is 9.06. The molecular formula is C12H18ClNO. The van der Waals surface area contributed by atoms with E-state index in [1.807, 2.05) is 25.1 Å². The van der Waals surface area contributed by atoms with E-state index < -0.39 is 0 Å². The van der Waals surface area contributed by atoms with Crippen LogP contribution in [0.2, 0.25) is 5.02 Å². The molecule has 1 aromatic rings. The second-order valence-corrected chi connectivity index (χ2v) is 4.16. The van der Waals surface area contributed by atoms with Crippen molar-refractivity contribution < 1.29 is 5.11 Å². The van der Waals surface area contributed by atoms with Gasteiger partial charge in [-0.3, -0.25) is 0 Å². The van der Waals surface area contributed by atoms with Crippen molar-refractivity contribution in [2.45, 2.75) is 20.3 Å². The topological polar surface area (TPSA) is 32.3 Å². The van der Waals surface area contributed by atoms with Gasteiger partial charge in [-0.2, -0.15) is 0 Å². The van der Waals surface area contributed by atoms with Crippen molar-refractivity contribution in [1.82, 2.24) is 0 Å². The summed E-state index contributed by atoms with van der Waals surface area (Å²) in [6, 6.07) is 5.81. The van der Waals surface area contributed by atoms with Gasteiger partial charge in [0.05, 0.1) is 0 Å². The van der Waals surface area contributed by atoms with Crippen LogP contribution in [0.15, 0.2) is 18.2 Å². The van der Waals surface area contributed by atoms with Crippen molar-refractivity contribution in [1.29, 1.82) is 0 Å². The Balaban J connectivity index is 2.61. The van der Waals surface area contributed by atoms with E-state index in [9.17, 15) is 0 Å². The quantitative estimate of drug-likeness (QED) is 0.811. The predicted octanol–water partition coefficient (Wildman–Crippen LogP) is 3.08. The molecule has 0 radical (unpaired) electrons. The highest BCUT2D eigenvalue weighted by atomic mass is 35.5. The van der Waals surface area contributed by atoms with Crippen LogP contribution in [0.25, 0.3) is 0 Å². The van der Waals surface area contributed by atoms with Gasteiger partial charge in [0.1, 0.15) is 0 Å². The summed E-state index contributed by atoms with van der Waals surface area (Å²) < 4.78 is 0. The maximum atomic E-state index is 9.06. The molecule has 0 aliphatic carbocycles. The number of anilines is 1. The van der Waals surface area contributed by atoms with E-state index in [0.717, 1.165) is 29.2 Å². The fraction of sp³-hybridized carbons (Fsp3) is 0.500. The van der Waals surface area contributed by atoms with Crippen LogP contribution in [-0.4, -0.2) is 18.3 Å². The van der Waals surface area contributed by atoms with Crippen LogP contribution < -0.4 is 5.32 Å². The van der Waals surface area contributed by atoms with Gasteiger partial charge in [0, 0.05) is 23.9 Å². The van der Waals surface area contributed by atoms with E-state index in [-0.39, 0.29) is 6.61 Å². The average Bonchev–Trinajstić information content (AvgIpc) is 2.25. The first kappa shape index (κ1) is 12.3. The summed E-state index contributed by atoms with van der Waals surface area (Å²) in [5.41, 5.74) is 2.11. The molecule has 2 N–H and O–H groups in total. The summed E-state index contributed by atoms with van der Waals surface area (Å²) >= 11 is 6.01. The molecule has 1 aromatic carbocycles. The Morgan fingerprint density at radius 3 is 2.80 bits per heavy atom. The van der Waals surface area contributed by atoms with Crippen LogP contribution in [0.4, 0.5) is 5.69 Å². The minimum atomic E-state index is 0.225. The fourth-order valence-corrected chi connectivity index (χ4v) is 1.57. The van der Waals surface area contributed by atoms with E-state index in [0.29, 0.717) is 5.92 Å². The number of nitrogens with one attached hydrogen (secondary N) is 1. The van der Waals surface area contributed by atoms with Crippen molar-refractivity contribution in [3.63, 3.8) is 0 Å². The highest BCUT2D eigenvalue weighted by molar-refractivity contribution is 6.31. The lowest BCUT2D eigenvalue weighted by molar-refractivity contribution is 0.230. The van der Waals surface area contributed by atoms with Crippen molar-refractivity contribution in [3.05, 3.63) is 28.8 Å². The van der Waals surface area contributed by atoms with Crippen LogP contribution in [0.5, 0.6) is 0 Å². The Hall–Kier alpha value is -0.730. The van der Waals surface area contributed by atoms with E-state index in [1.165, 1.54) is 0 Å². The van der Waals surface area contributed by atoms with Gasteiger partial charge in [-0.1, -0.05) is 24.6 Å². The molecule has 0 aliphatic rings. The number of aliphatic hydroxyl groups excluding tert-OH is 1. The summed E-state index contributed by atoms with van der Waals surface area (Å²) in [5, 5.41) is 13.1. The third-order valence-electron chi connectivity index (χ3n) is 2.68. The zero-order valence-corrected chi connectivity index (χ0v) is 10.0. The molecule has 0 amide bonds. The third-order valence-corrected chi connectivity index (χ3v) is 3.09. The van der Waals surface area contributed by atoms with Gasteiger partial charge < -0.3 is 10.4 Å². The van der Waals surface area contributed by atoms with Crippen molar-refractivity contribution >= 4 is 17.3 Å². The van der Waals surface area contributed by atoms with E-state index >= 15 is 0 Å². The third kappa shape index (κ3) is 3.40. The lowest BCUT2D eigenvalue weighted by Crippen LogP contribution is -2.17. The first-order valence-corrected chi connectivity index (χ1v) is 5.66. The van der Waals surface area contributed by atoms with Crippen LogP contribution in [0.3, 0.4) is 0 Å². The Morgan fingerprint density at radius 2 is 2.20 bits per heavy atom. The van der Waals surface area contributed by atoms with E-state index in [4.69, 9.17) is 16.7 Å². The highest BCUT2D eigenvalue weighted by Crippen LogP contribution is 2.23. The smallest absolute Gasteiger partial charge is 0.0475 e. The molecule has 0 fully saturated rings. The second kappa shape index (κ2) is 5.99. The molecule has 1 rings (SSSR count). The number of hydrogen-bond donors (Lipinski definition) is 2. The minimum Gasteiger partial charge on any atom is -0.396 e. The molecule has 0 aliphatic heterocycles. The van der Waals surface area contributed by atoms with Crippen LogP contribution in [0, 0.1) is 12.8 Å². The highest BCUT2D eigenvalue weighted by Gasteiger charge is 2.06. The van der Waals surface area contributed by atoms with E-state index in [2.05, 4.69) is 12.2 Å². The monoisotopic (exact) mass is 227 g/mol. The van der Waals surface area contributed by atoms with Crippen molar-refractivity contribution in [3.8, 4) is 0 Å². The molecule has 0 bridgehead atoms. The Morgan fingerprint density at radius 1 is 1.47 bits per heavy atom. The standard InChI is InChI=1S/C12H18ClNO/c1-3-10(8-15)7-14-12-6-4-5-11(13)9(12)2/h4-6,10,14-15H,3,7-8H2,1-2H3. The first-order valence-electron chi connectivity index (χ1n) is 5.28. The summed E-state index contributed by atoms with van der Waals surface area (Å²) in [7, 11) is 0. The number of hydrogen-bond acceptors (Lipinski definition) is 2. The zero-order chi connectivity index (χ0) is 11.3. The molecule has 0 heterocycles. The van der Waals surface area contributed by atoms with Gasteiger partial charge in [0.15, 0.2) is 0 Å². The second-order valence-electron chi connectivity index (χ2n) is 3.75. The molecule has 0 spiro atoms. The molecule has 3 heteroatoms. The summed E-state index contributed by atoms with van der Waals surface area (Å²) in [4.78, 5) is 0. The van der Waals surface area contributed by atoms with Crippen LogP contribution in [-0.2, 0) is 0 Å². The van der Waals surface area contributed by atoms with Gasteiger partial charge in [-0.25, -0.2) is 0 Å². The van der Waals surface area contributed by atoms with Gasteiger partial charge in [0.2, 0.25) is 0 Å². The van der Waals surface area contributed by atoms with Gasteiger partial charge in [0.25, 0.3) is 0 Å². The fourth-order valence-electron chi connectivity index (χ4n) is 1.39. The molecule has 15 heavy (non-hydrogen) atoms. The number of halogens is 1. The van der Waals surface area contributed by atoms with Gasteiger partial charge in [-0.15, -0.1) is 0 Å². The van der Waals surface area contributed by atoms with Crippen LogP contribution >= 0.6 is 11.6 Å². The molecule has 0 aromatic heterocycles. The normalized spacial score (nSPS) is 12.5. The molecule has 1 atom stereocenters. The average molecular weight is 228 g/mol. The van der Waals surface area contributed by atoms with Crippen LogP contribution in [0.1, 0.15) is 18.9 Å². The predicted molar refractivity (Wildman–Crippen MR) is 65.5 cm³/mol. The SMILES string of the molecule is CCC(CO)CNc1cccc(Cl)c1C. The summed E-state index contributed by atoms with van der Waals surface area (Å²) in [6.45, 7) is 5.08. The number of benzene rings is 1. The molecule has 84 valence electrons. The lowest BCUT2D eigenvalue weighted by Gasteiger charge is -2.15. The Kier molecular flexibility index (Phi) is 4.92. The number of aliphatic hydroxyl groups is 1. The summed E-state index contributed by atoms with van der Waals surface area (Å²) in [6.07, 6.45) is 0.975. The lowest BCUT2D eigenvalue weighted by atomic mass is 10.1. The van der Waals surface area contributed by atoms with Crippen molar-refractivity contribution in [2.24, 2.45) is 5.92 Å². The first-order chi connectivity index (χ1) is 7.19. The molecule has 2 nitrogen and oxygen atoms in total. The minimum absolute atomic E-state index is 0.225. The molecule has 1 unspecified atom stereocenters. The molecule has 0 saturated carbocycles. The van der Waals surface area contributed by atoms with E-state index in [1.54, 1.807) is 0 Å². The number of rotatable bonds is 5. The zero-order valence-electron chi connectivity index (χ0n) is 9.26. The van der Waals surface area contributed by atoms with Gasteiger partial charge in [-0.05, 0) is 37.0 Å². The Labute approximate surface area is 96.3 Å². The Bertz CT molecular complexity index is 310. The van der Waals surface area contributed by atoms with Crippen molar-refractivity contribution in [2.75, 3.05) is 18.5 Å². The summed E-state index contributed by atoms with van der Waals surface area (Å²) in [5.74, 6) is 0.309.